The molecule has 2 aromatic rings. The number of nitrogens with one attached hydrogen (secondary N) is 1. The van der Waals surface area contributed by atoms with E-state index in [2.05, 4.69) is 5.32 Å². The minimum Gasteiger partial charge on any atom is -0.368 e. The van der Waals surface area contributed by atoms with Crippen molar-refractivity contribution < 1.29 is 13.6 Å². The van der Waals surface area contributed by atoms with E-state index in [9.17, 15) is 13.6 Å². The second-order valence-corrected chi connectivity index (χ2v) is 5.57. The minimum atomic E-state index is -0.961. The summed E-state index contributed by atoms with van der Waals surface area (Å²) in [6, 6.07) is 10.6. The number of anilines is 2. The first-order chi connectivity index (χ1) is 10.5. The zero-order valence-corrected chi connectivity index (χ0v) is 12.3. The Bertz CT molecular complexity index is 716. The molecule has 5 heteroatoms. The van der Waals surface area contributed by atoms with Crippen molar-refractivity contribution in [2.75, 3.05) is 10.2 Å². The van der Waals surface area contributed by atoms with Gasteiger partial charge in [-0.2, -0.15) is 0 Å². The lowest BCUT2D eigenvalue weighted by atomic mass is 10.00. The number of amides is 1. The molecule has 0 fully saturated rings. The highest BCUT2D eigenvalue weighted by atomic mass is 19.2. The van der Waals surface area contributed by atoms with Crippen LogP contribution in [0.5, 0.6) is 0 Å². The van der Waals surface area contributed by atoms with Crippen molar-refractivity contribution >= 4 is 17.3 Å². The summed E-state index contributed by atoms with van der Waals surface area (Å²) in [4.78, 5) is 14.3. The average Bonchev–Trinajstić information content (AvgIpc) is 2.49. The van der Waals surface area contributed by atoms with Crippen molar-refractivity contribution in [2.24, 2.45) is 0 Å². The van der Waals surface area contributed by atoms with Gasteiger partial charge in [0.05, 0.1) is 11.4 Å². The summed E-state index contributed by atoms with van der Waals surface area (Å²) < 4.78 is 27.1. The average molecular weight is 302 g/mol. The van der Waals surface area contributed by atoms with Crippen molar-refractivity contribution in [1.82, 2.24) is 0 Å². The lowest BCUT2D eigenvalue weighted by molar-refractivity contribution is -0.120. The van der Waals surface area contributed by atoms with Gasteiger partial charge in [0.25, 0.3) is 5.91 Å². The van der Waals surface area contributed by atoms with Crippen molar-refractivity contribution in [3.05, 3.63) is 59.7 Å². The molecule has 1 aliphatic rings. The Labute approximate surface area is 127 Å². The summed E-state index contributed by atoms with van der Waals surface area (Å²) in [6.07, 6.45) is 0. The SMILES string of the molecule is CC(C)N1C(=O)C(c2ccccc2)Nc2cc(F)c(F)cc21. The van der Waals surface area contributed by atoms with E-state index in [4.69, 9.17) is 0 Å². The number of carbonyl (C=O) groups is 1. The van der Waals surface area contributed by atoms with Gasteiger partial charge in [0.15, 0.2) is 11.6 Å². The predicted octanol–water partition coefficient (Wildman–Crippen LogP) is 3.87. The molecule has 0 bridgehead atoms. The third-order valence-electron chi connectivity index (χ3n) is 3.73. The maximum atomic E-state index is 13.5. The van der Waals surface area contributed by atoms with Crippen molar-refractivity contribution in [3.8, 4) is 0 Å². The first kappa shape index (κ1) is 14.5. The summed E-state index contributed by atoms with van der Waals surface area (Å²) >= 11 is 0. The molecule has 1 atom stereocenters. The van der Waals surface area contributed by atoms with Gasteiger partial charge < -0.3 is 10.2 Å². The van der Waals surface area contributed by atoms with Crippen LogP contribution in [-0.4, -0.2) is 11.9 Å². The zero-order chi connectivity index (χ0) is 15.9. The largest absolute Gasteiger partial charge is 0.368 e. The van der Waals surface area contributed by atoms with Crippen LogP contribution in [-0.2, 0) is 4.79 Å². The van der Waals surface area contributed by atoms with E-state index in [1.54, 1.807) is 0 Å². The smallest absolute Gasteiger partial charge is 0.254 e. The number of benzene rings is 2. The normalized spacial score (nSPS) is 17.4. The molecule has 2 aromatic carbocycles. The Morgan fingerprint density at radius 3 is 2.36 bits per heavy atom. The molecule has 1 N–H and O–H groups in total. The third-order valence-corrected chi connectivity index (χ3v) is 3.73. The van der Waals surface area contributed by atoms with Gasteiger partial charge >= 0.3 is 0 Å². The highest BCUT2D eigenvalue weighted by Crippen LogP contribution is 2.38. The van der Waals surface area contributed by atoms with Gasteiger partial charge in [0, 0.05) is 18.2 Å². The molecule has 0 saturated carbocycles. The summed E-state index contributed by atoms with van der Waals surface area (Å²) in [6.45, 7) is 3.69. The summed E-state index contributed by atoms with van der Waals surface area (Å²) in [7, 11) is 0. The Morgan fingerprint density at radius 2 is 1.73 bits per heavy atom. The quantitative estimate of drug-likeness (QED) is 0.913. The maximum Gasteiger partial charge on any atom is 0.254 e. The highest BCUT2D eigenvalue weighted by molar-refractivity contribution is 6.05. The monoisotopic (exact) mass is 302 g/mol. The van der Waals surface area contributed by atoms with E-state index >= 15 is 0 Å². The first-order valence-corrected chi connectivity index (χ1v) is 7.12. The molecule has 3 rings (SSSR count). The number of fused-ring (bicyclic) bond motifs is 1. The standard InChI is InChI=1S/C17H16F2N2O/c1-10(2)21-15-9-13(19)12(18)8-14(15)20-16(17(21)22)11-6-4-3-5-7-11/h3-10,16,20H,1-2H3. The Kier molecular flexibility index (Phi) is 3.56. The summed E-state index contributed by atoms with van der Waals surface area (Å²) in [5, 5.41) is 3.02. The fourth-order valence-corrected chi connectivity index (χ4v) is 2.73. The van der Waals surface area contributed by atoms with Gasteiger partial charge in [0.2, 0.25) is 0 Å². The Morgan fingerprint density at radius 1 is 1.09 bits per heavy atom. The lowest BCUT2D eigenvalue weighted by Gasteiger charge is -2.38. The molecule has 114 valence electrons. The van der Waals surface area contributed by atoms with E-state index in [0.717, 1.165) is 17.7 Å². The molecular formula is C17H16F2N2O. The zero-order valence-electron chi connectivity index (χ0n) is 12.3. The van der Waals surface area contributed by atoms with Crippen LogP contribution in [0.2, 0.25) is 0 Å². The van der Waals surface area contributed by atoms with E-state index in [-0.39, 0.29) is 11.9 Å². The van der Waals surface area contributed by atoms with Crippen molar-refractivity contribution in [3.63, 3.8) is 0 Å². The van der Waals surface area contributed by atoms with Crippen molar-refractivity contribution in [2.45, 2.75) is 25.9 Å². The summed E-state index contributed by atoms with van der Waals surface area (Å²) in [5.41, 5.74) is 1.57. The topological polar surface area (TPSA) is 32.3 Å². The van der Waals surface area contributed by atoms with E-state index in [0.29, 0.717) is 11.4 Å². The number of hydrogen-bond donors (Lipinski definition) is 1. The molecule has 1 amide bonds. The molecule has 1 unspecified atom stereocenters. The van der Waals surface area contributed by atoms with Gasteiger partial charge in [0.1, 0.15) is 6.04 Å². The second-order valence-electron chi connectivity index (χ2n) is 5.57. The number of nitrogens with zero attached hydrogens (tertiary/aromatic N) is 1. The molecule has 0 aromatic heterocycles. The molecule has 0 aliphatic carbocycles. The Hall–Kier alpha value is -2.43. The van der Waals surface area contributed by atoms with Gasteiger partial charge in [-0.05, 0) is 19.4 Å². The van der Waals surface area contributed by atoms with Crippen LogP contribution in [0.25, 0.3) is 0 Å². The predicted molar refractivity (Wildman–Crippen MR) is 81.8 cm³/mol. The molecule has 0 radical (unpaired) electrons. The summed E-state index contributed by atoms with van der Waals surface area (Å²) in [5.74, 6) is -2.08. The van der Waals surface area contributed by atoms with Crippen LogP contribution in [0.3, 0.4) is 0 Å². The molecule has 1 heterocycles. The van der Waals surface area contributed by atoms with Crippen LogP contribution in [0.15, 0.2) is 42.5 Å². The van der Waals surface area contributed by atoms with Gasteiger partial charge in [-0.1, -0.05) is 30.3 Å². The number of hydrogen-bond acceptors (Lipinski definition) is 2. The molecular weight excluding hydrogens is 286 g/mol. The molecule has 0 saturated heterocycles. The third kappa shape index (κ3) is 2.32. The lowest BCUT2D eigenvalue weighted by Crippen LogP contribution is -2.46. The number of carbonyl (C=O) groups excluding carboxylic acids is 1. The van der Waals surface area contributed by atoms with E-state index in [1.807, 2.05) is 44.2 Å². The second kappa shape index (κ2) is 5.40. The highest BCUT2D eigenvalue weighted by Gasteiger charge is 2.35. The molecule has 1 aliphatic heterocycles. The van der Waals surface area contributed by atoms with Crippen LogP contribution < -0.4 is 10.2 Å². The number of rotatable bonds is 2. The van der Waals surface area contributed by atoms with Gasteiger partial charge in [-0.3, -0.25) is 4.79 Å². The molecule has 22 heavy (non-hydrogen) atoms. The van der Waals surface area contributed by atoms with Gasteiger partial charge in [-0.15, -0.1) is 0 Å². The van der Waals surface area contributed by atoms with E-state index < -0.39 is 17.7 Å². The fraction of sp³-hybridized carbons (Fsp3) is 0.235. The van der Waals surface area contributed by atoms with Gasteiger partial charge in [-0.25, -0.2) is 8.78 Å². The van der Waals surface area contributed by atoms with Crippen LogP contribution in [0.4, 0.5) is 20.2 Å². The molecule has 3 nitrogen and oxygen atoms in total. The van der Waals surface area contributed by atoms with E-state index in [1.165, 1.54) is 4.90 Å². The molecule has 0 spiro atoms. The number of halogens is 2. The minimum absolute atomic E-state index is 0.163. The Balaban J connectivity index is 2.12. The maximum absolute atomic E-state index is 13.5. The fourth-order valence-electron chi connectivity index (χ4n) is 2.73. The van der Waals surface area contributed by atoms with Crippen molar-refractivity contribution in [1.29, 1.82) is 0 Å². The van der Waals surface area contributed by atoms with Crippen LogP contribution >= 0.6 is 0 Å². The van der Waals surface area contributed by atoms with Crippen LogP contribution in [0.1, 0.15) is 25.5 Å². The first-order valence-electron chi connectivity index (χ1n) is 7.12. The van der Waals surface area contributed by atoms with Crippen LogP contribution in [0, 0.1) is 11.6 Å².